The van der Waals surface area contributed by atoms with Gasteiger partial charge in [-0.15, -0.1) is 0 Å². The molecule has 0 fully saturated rings. The van der Waals surface area contributed by atoms with Crippen molar-refractivity contribution in [3.63, 3.8) is 0 Å². The quantitative estimate of drug-likeness (QED) is 0.720. The number of pyridine rings is 2. The molecule has 3 rings (SSSR count). The minimum Gasteiger partial charge on any atom is -0.390 e. The Morgan fingerprint density at radius 3 is 2.62 bits per heavy atom. The number of aliphatic hydroxyl groups is 1. The molecule has 2 heterocycles. The van der Waals surface area contributed by atoms with E-state index >= 15 is 0 Å². The molecular weight excluding hydrogens is 370 g/mol. The first-order valence-corrected chi connectivity index (χ1v) is 8.05. The van der Waals surface area contributed by atoms with E-state index in [1.165, 1.54) is 0 Å². The van der Waals surface area contributed by atoms with E-state index in [4.69, 9.17) is 0 Å². The Morgan fingerprint density at radius 1 is 1.08 bits per heavy atom. The van der Waals surface area contributed by atoms with Crippen molar-refractivity contribution in [2.24, 2.45) is 0 Å². The first-order chi connectivity index (χ1) is 11.7. The number of carbonyl (C=O) groups excluding carboxylic acids is 1. The molecule has 0 radical (unpaired) electrons. The average molecular weight is 384 g/mol. The molecule has 0 atom stereocenters. The maximum Gasteiger partial charge on any atom is 0.275 e. The molecule has 5 nitrogen and oxygen atoms in total. The lowest BCUT2D eigenvalue weighted by atomic mass is 10.1. The Hall–Kier alpha value is -2.57. The highest BCUT2D eigenvalue weighted by molar-refractivity contribution is 9.10. The lowest BCUT2D eigenvalue weighted by Gasteiger charge is -2.08. The highest BCUT2D eigenvalue weighted by atomic mass is 79.9. The van der Waals surface area contributed by atoms with Crippen LogP contribution in [0.15, 0.2) is 65.3 Å². The molecule has 0 bridgehead atoms. The minimum atomic E-state index is -0.359. The molecule has 1 amide bonds. The second-order valence-electron chi connectivity index (χ2n) is 5.07. The maximum absolute atomic E-state index is 12.4. The standard InChI is InChI=1S/C18H14BrN3O2/c19-14-9-15(11-23)21-17(10-14)22-18(24)16-8-13(6-7-20-16)12-4-2-1-3-5-12/h1-10,23H,11H2,(H,21,22,24). The normalized spacial score (nSPS) is 10.4. The second kappa shape index (κ2) is 7.33. The van der Waals surface area contributed by atoms with Gasteiger partial charge in [-0.2, -0.15) is 0 Å². The van der Waals surface area contributed by atoms with Crippen LogP contribution in [-0.4, -0.2) is 21.0 Å². The monoisotopic (exact) mass is 383 g/mol. The molecular formula is C18H14BrN3O2. The second-order valence-corrected chi connectivity index (χ2v) is 5.99. The van der Waals surface area contributed by atoms with Crippen LogP contribution >= 0.6 is 15.9 Å². The fourth-order valence-electron chi connectivity index (χ4n) is 2.24. The van der Waals surface area contributed by atoms with Crippen molar-refractivity contribution < 1.29 is 9.90 Å². The van der Waals surface area contributed by atoms with E-state index in [-0.39, 0.29) is 12.5 Å². The molecule has 0 spiro atoms. The van der Waals surface area contributed by atoms with Gasteiger partial charge in [0.15, 0.2) is 0 Å². The molecule has 0 unspecified atom stereocenters. The number of nitrogens with zero attached hydrogens (tertiary/aromatic N) is 2. The van der Waals surface area contributed by atoms with E-state index in [1.54, 1.807) is 24.4 Å². The van der Waals surface area contributed by atoms with Crippen LogP contribution in [0.2, 0.25) is 0 Å². The highest BCUT2D eigenvalue weighted by Crippen LogP contribution is 2.20. The minimum absolute atomic E-state index is 0.204. The van der Waals surface area contributed by atoms with Gasteiger partial charge in [0.1, 0.15) is 11.5 Å². The number of aromatic nitrogens is 2. The number of halogens is 1. The topological polar surface area (TPSA) is 75.1 Å². The van der Waals surface area contributed by atoms with Gasteiger partial charge in [0.05, 0.1) is 12.3 Å². The first kappa shape index (κ1) is 16.3. The number of hydrogen-bond acceptors (Lipinski definition) is 4. The van der Waals surface area contributed by atoms with E-state index in [9.17, 15) is 9.90 Å². The third-order valence-electron chi connectivity index (χ3n) is 3.35. The third-order valence-corrected chi connectivity index (χ3v) is 3.80. The van der Waals surface area contributed by atoms with Gasteiger partial charge in [-0.1, -0.05) is 46.3 Å². The zero-order valence-corrected chi connectivity index (χ0v) is 14.2. The highest BCUT2D eigenvalue weighted by Gasteiger charge is 2.11. The molecule has 0 aliphatic carbocycles. The van der Waals surface area contributed by atoms with Gasteiger partial charge in [0, 0.05) is 10.7 Å². The SMILES string of the molecule is O=C(Nc1cc(Br)cc(CO)n1)c1cc(-c2ccccc2)ccn1. The molecule has 1 aromatic carbocycles. The molecule has 0 aliphatic heterocycles. The summed E-state index contributed by atoms with van der Waals surface area (Å²) in [5.74, 6) is -0.00684. The van der Waals surface area contributed by atoms with Gasteiger partial charge < -0.3 is 10.4 Å². The number of aliphatic hydroxyl groups excluding tert-OH is 1. The van der Waals surface area contributed by atoms with Gasteiger partial charge in [-0.3, -0.25) is 9.78 Å². The zero-order chi connectivity index (χ0) is 16.9. The Bertz CT molecular complexity index is 869. The van der Waals surface area contributed by atoms with Crippen LogP contribution in [-0.2, 0) is 6.61 Å². The first-order valence-electron chi connectivity index (χ1n) is 7.26. The summed E-state index contributed by atoms with van der Waals surface area (Å²) in [5, 5.41) is 11.9. The van der Waals surface area contributed by atoms with Gasteiger partial charge >= 0.3 is 0 Å². The smallest absolute Gasteiger partial charge is 0.275 e. The molecule has 6 heteroatoms. The van der Waals surface area contributed by atoms with Crippen molar-refractivity contribution in [1.82, 2.24) is 9.97 Å². The van der Waals surface area contributed by atoms with Crippen LogP contribution in [0.3, 0.4) is 0 Å². The molecule has 120 valence electrons. The molecule has 0 aliphatic rings. The largest absolute Gasteiger partial charge is 0.390 e. The number of rotatable bonds is 4. The van der Waals surface area contributed by atoms with Crippen LogP contribution in [0.5, 0.6) is 0 Å². The summed E-state index contributed by atoms with van der Waals surface area (Å²) in [4.78, 5) is 20.7. The summed E-state index contributed by atoms with van der Waals surface area (Å²) in [5.41, 5.74) is 2.68. The number of amides is 1. The lowest BCUT2D eigenvalue weighted by molar-refractivity contribution is 0.102. The Morgan fingerprint density at radius 2 is 1.88 bits per heavy atom. The maximum atomic E-state index is 12.4. The van der Waals surface area contributed by atoms with Crippen molar-refractivity contribution in [2.45, 2.75) is 6.61 Å². The van der Waals surface area contributed by atoms with Crippen molar-refractivity contribution in [3.8, 4) is 11.1 Å². The number of carbonyl (C=O) groups is 1. The van der Waals surface area contributed by atoms with Crippen molar-refractivity contribution in [2.75, 3.05) is 5.32 Å². The molecule has 2 N–H and O–H groups in total. The van der Waals surface area contributed by atoms with E-state index in [2.05, 4.69) is 31.2 Å². The third kappa shape index (κ3) is 3.84. The lowest BCUT2D eigenvalue weighted by Crippen LogP contribution is -2.15. The van der Waals surface area contributed by atoms with E-state index in [0.29, 0.717) is 17.2 Å². The van der Waals surface area contributed by atoms with E-state index in [0.717, 1.165) is 15.6 Å². The Balaban J connectivity index is 1.84. The molecule has 3 aromatic rings. The van der Waals surface area contributed by atoms with Crippen LogP contribution in [0.1, 0.15) is 16.2 Å². The Labute approximate surface area is 147 Å². The predicted molar refractivity (Wildman–Crippen MR) is 95.5 cm³/mol. The molecule has 24 heavy (non-hydrogen) atoms. The molecule has 0 saturated carbocycles. The summed E-state index contributed by atoms with van der Waals surface area (Å²) in [6.45, 7) is -0.204. The van der Waals surface area contributed by atoms with Gasteiger partial charge in [0.25, 0.3) is 5.91 Å². The van der Waals surface area contributed by atoms with Crippen molar-refractivity contribution >= 4 is 27.7 Å². The van der Waals surface area contributed by atoms with Crippen LogP contribution in [0.4, 0.5) is 5.82 Å². The fourth-order valence-corrected chi connectivity index (χ4v) is 2.72. The van der Waals surface area contributed by atoms with E-state index < -0.39 is 0 Å². The van der Waals surface area contributed by atoms with Gasteiger partial charge in [0.2, 0.25) is 0 Å². The van der Waals surface area contributed by atoms with Crippen LogP contribution < -0.4 is 5.32 Å². The number of anilines is 1. The average Bonchev–Trinajstić information content (AvgIpc) is 2.62. The van der Waals surface area contributed by atoms with Crippen molar-refractivity contribution in [1.29, 1.82) is 0 Å². The Kier molecular flexibility index (Phi) is 4.98. The fraction of sp³-hybridized carbons (Fsp3) is 0.0556. The van der Waals surface area contributed by atoms with Crippen molar-refractivity contribution in [3.05, 3.63) is 76.7 Å². The van der Waals surface area contributed by atoms with Gasteiger partial charge in [-0.05, 0) is 35.4 Å². The zero-order valence-electron chi connectivity index (χ0n) is 12.6. The summed E-state index contributed by atoms with van der Waals surface area (Å²) < 4.78 is 0.725. The van der Waals surface area contributed by atoms with Crippen LogP contribution in [0, 0.1) is 0 Å². The van der Waals surface area contributed by atoms with Crippen LogP contribution in [0.25, 0.3) is 11.1 Å². The molecule has 2 aromatic heterocycles. The summed E-state index contributed by atoms with van der Waals surface area (Å²) >= 11 is 3.32. The predicted octanol–water partition coefficient (Wildman–Crippen LogP) is 3.65. The number of hydrogen-bond donors (Lipinski definition) is 2. The summed E-state index contributed by atoms with van der Waals surface area (Å²) in [7, 11) is 0. The number of nitrogens with one attached hydrogen (secondary N) is 1. The van der Waals surface area contributed by atoms with E-state index in [1.807, 2.05) is 36.4 Å². The summed E-state index contributed by atoms with van der Waals surface area (Å²) in [6, 6.07) is 16.7. The summed E-state index contributed by atoms with van der Waals surface area (Å²) in [6.07, 6.45) is 1.60. The molecule has 0 saturated heterocycles. The number of benzene rings is 1. The van der Waals surface area contributed by atoms with Gasteiger partial charge in [-0.25, -0.2) is 4.98 Å².